The van der Waals surface area contributed by atoms with Gasteiger partial charge in [0.05, 0.1) is 0 Å². The molecule has 78 valence electrons. The number of rotatable bonds is 2. The molecule has 1 atom stereocenters. The summed E-state index contributed by atoms with van der Waals surface area (Å²) >= 11 is 0. The second kappa shape index (κ2) is 4.40. The molecule has 0 spiro atoms. The lowest BCUT2D eigenvalue weighted by Crippen LogP contribution is -2.12. The minimum atomic E-state index is -0.0591. The quantitative estimate of drug-likeness (QED) is 0.657. The van der Waals surface area contributed by atoms with Crippen molar-refractivity contribution in [3.8, 4) is 0 Å². The highest BCUT2D eigenvalue weighted by Crippen LogP contribution is 2.23. The Morgan fingerprint density at radius 1 is 1.00 bits per heavy atom. The molecule has 0 saturated heterocycles. The largest absolute Gasteiger partial charge is 0.206 e. The zero-order valence-corrected chi connectivity index (χ0v) is 10.4. The van der Waals surface area contributed by atoms with Gasteiger partial charge in [0.15, 0.2) is 0 Å². The molecule has 0 nitrogen and oxygen atoms in total. The third-order valence-electron chi connectivity index (χ3n) is 2.49. The first kappa shape index (κ1) is 11.7. The van der Waals surface area contributed by atoms with Crippen molar-refractivity contribution in [1.82, 2.24) is 0 Å². The van der Waals surface area contributed by atoms with Crippen LogP contribution in [0.2, 0.25) is 0 Å². The van der Waals surface area contributed by atoms with Crippen LogP contribution in [-0.4, -0.2) is 0 Å². The monoisotopic (exact) mass is 212 g/mol. The minimum absolute atomic E-state index is 0.0591. The van der Waals surface area contributed by atoms with Crippen molar-refractivity contribution in [2.75, 3.05) is 0 Å². The number of hydrogen-bond donors (Lipinski definition) is 0. The zero-order chi connectivity index (χ0) is 10.9. The van der Waals surface area contributed by atoms with Crippen LogP contribution in [-0.2, 0) is 0 Å². The molecule has 1 aromatic rings. The van der Waals surface area contributed by atoms with Crippen molar-refractivity contribution in [2.45, 2.75) is 39.5 Å². The van der Waals surface area contributed by atoms with E-state index in [1.165, 1.54) is 0 Å². The van der Waals surface area contributed by atoms with Gasteiger partial charge < -0.3 is 0 Å². The summed E-state index contributed by atoms with van der Waals surface area (Å²) in [5, 5.41) is 0.728. The third-order valence-corrected chi connectivity index (χ3v) is 3.07. The van der Waals surface area contributed by atoms with Gasteiger partial charge in [0, 0.05) is 5.30 Å². The van der Waals surface area contributed by atoms with E-state index in [-0.39, 0.29) is 11.7 Å². The van der Waals surface area contributed by atoms with E-state index in [9.17, 15) is 4.39 Å². The average molecular weight is 212 g/mol. The number of hydrogen-bond acceptors (Lipinski definition) is 0. The fourth-order valence-electron chi connectivity index (χ4n) is 1.57. The summed E-state index contributed by atoms with van der Waals surface area (Å²) in [7, 11) is 2.52. The molecule has 0 aliphatic carbocycles. The molecule has 0 N–H and O–H groups in total. The molecular formula is C12H18FP. The fraction of sp³-hybridized carbons (Fsp3) is 0.500. The second-order valence-electron chi connectivity index (χ2n) is 4.28. The topological polar surface area (TPSA) is 0 Å². The van der Waals surface area contributed by atoms with E-state index in [0.717, 1.165) is 16.4 Å². The highest BCUT2D eigenvalue weighted by molar-refractivity contribution is 7.27. The Balaban J connectivity index is 3.26. The van der Waals surface area contributed by atoms with Crippen molar-refractivity contribution in [3.63, 3.8) is 0 Å². The molecule has 1 aromatic carbocycles. The lowest BCUT2D eigenvalue weighted by molar-refractivity contribution is 0.603. The van der Waals surface area contributed by atoms with Gasteiger partial charge in [-0.05, 0) is 23.0 Å². The molecule has 14 heavy (non-hydrogen) atoms. The molecule has 0 fully saturated rings. The first-order valence-corrected chi connectivity index (χ1v) is 5.60. The summed E-state index contributed by atoms with van der Waals surface area (Å²) in [6.07, 6.45) is 0. The van der Waals surface area contributed by atoms with E-state index < -0.39 is 0 Å². The predicted octanol–water partition coefficient (Wildman–Crippen LogP) is 3.57. The number of benzene rings is 1. The van der Waals surface area contributed by atoms with Gasteiger partial charge in [0.25, 0.3) is 0 Å². The van der Waals surface area contributed by atoms with E-state index in [0.29, 0.717) is 5.92 Å². The molecule has 0 radical (unpaired) electrons. The maximum Gasteiger partial charge on any atom is 0.134 e. The molecule has 0 saturated carbocycles. The smallest absolute Gasteiger partial charge is 0.134 e. The molecule has 0 aromatic heterocycles. The molecule has 0 amide bonds. The SMILES string of the molecule is CC(C)c1ccc(C(C)C)c(P)c1F. The summed E-state index contributed by atoms with van der Waals surface area (Å²) in [4.78, 5) is 0. The van der Waals surface area contributed by atoms with Crippen LogP contribution in [0.15, 0.2) is 12.1 Å². The van der Waals surface area contributed by atoms with Crippen LogP contribution in [0, 0.1) is 5.82 Å². The molecular weight excluding hydrogens is 194 g/mol. The normalized spacial score (nSPS) is 11.4. The Bertz CT molecular complexity index is 296. The molecule has 0 heterocycles. The lowest BCUT2D eigenvalue weighted by atomic mass is 9.96. The Morgan fingerprint density at radius 3 is 1.86 bits per heavy atom. The average Bonchev–Trinajstić information content (AvgIpc) is 2.08. The first-order valence-electron chi connectivity index (χ1n) is 5.03. The highest BCUT2D eigenvalue weighted by atomic mass is 31.0. The third kappa shape index (κ3) is 2.15. The van der Waals surface area contributed by atoms with Gasteiger partial charge in [0.1, 0.15) is 5.82 Å². The molecule has 0 aliphatic heterocycles. The van der Waals surface area contributed by atoms with Crippen LogP contribution in [0.4, 0.5) is 4.39 Å². The first-order chi connectivity index (χ1) is 6.45. The Labute approximate surface area is 88.1 Å². The van der Waals surface area contributed by atoms with Crippen LogP contribution in [0.5, 0.6) is 0 Å². The standard InChI is InChI=1S/C12H18FP/c1-7(2)9-5-6-10(8(3)4)12(14)11(9)13/h5-8H,14H2,1-4H3. The van der Waals surface area contributed by atoms with Crippen molar-refractivity contribution in [3.05, 3.63) is 29.1 Å². The molecule has 0 aliphatic rings. The van der Waals surface area contributed by atoms with Crippen LogP contribution >= 0.6 is 9.24 Å². The van der Waals surface area contributed by atoms with Crippen molar-refractivity contribution >= 4 is 14.5 Å². The van der Waals surface area contributed by atoms with E-state index in [4.69, 9.17) is 0 Å². The lowest BCUT2D eigenvalue weighted by Gasteiger charge is -2.14. The van der Waals surface area contributed by atoms with Gasteiger partial charge in [-0.15, -0.1) is 9.24 Å². The van der Waals surface area contributed by atoms with E-state index in [2.05, 4.69) is 23.1 Å². The maximum atomic E-state index is 13.9. The van der Waals surface area contributed by atoms with Crippen LogP contribution in [0.25, 0.3) is 0 Å². The number of halogens is 1. The van der Waals surface area contributed by atoms with E-state index in [1.54, 1.807) is 0 Å². The summed E-state index contributed by atoms with van der Waals surface area (Å²) in [6, 6.07) is 3.94. The molecule has 1 rings (SSSR count). The van der Waals surface area contributed by atoms with Crippen molar-refractivity contribution in [2.24, 2.45) is 0 Å². The van der Waals surface area contributed by atoms with E-state index in [1.807, 2.05) is 26.0 Å². The van der Waals surface area contributed by atoms with Gasteiger partial charge in [-0.25, -0.2) is 4.39 Å². The van der Waals surface area contributed by atoms with Gasteiger partial charge in [-0.3, -0.25) is 0 Å². The van der Waals surface area contributed by atoms with Crippen LogP contribution < -0.4 is 5.30 Å². The van der Waals surface area contributed by atoms with Gasteiger partial charge >= 0.3 is 0 Å². The highest BCUT2D eigenvalue weighted by Gasteiger charge is 2.13. The minimum Gasteiger partial charge on any atom is -0.206 e. The van der Waals surface area contributed by atoms with Gasteiger partial charge in [-0.1, -0.05) is 39.8 Å². The molecule has 2 heteroatoms. The van der Waals surface area contributed by atoms with Crippen LogP contribution in [0.3, 0.4) is 0 Å². The summed E-state index contributed by atoms with van der Waals surface area (Å²) in [5.74, 6) is 0.560. The Morgan fingerprint density at radius 2 is 1.43 bits per heavy atom. The summed E-state index contributed by atoms with van der Waals surface area (Å²) in [5.41, 5.74) is 1.89. The summed E-state index contributed by atoms with van der Waals surface area (Å²) < 4.78 is 13.9. The van der Waals surface area contributed by atoms with Crippen LogP contribution in [0.1, 0.15) is 50.7 Å². The van der Waals surface area contributed by atoms with Gasteiger partial charge in [-0.2, -0.15) is 0 Å². The van der Waals surface area contributed by atoms with Gasteiger partial charge in [0.2, 0.25) is 0 Å². The van der Waals surface area contributed by atoms with Crippen molar-refractivity contribution < 1.29 is 4.39 Å². The Kier molecular flexibility index (Phi) is 3.66. The Hall–Kier alpha value is -0.420. The predicted molar refractivity (Wildman–Crippen MR) is 63.9 cm³/mol. The molecule has 0 bridgehead atoms. The van der Waals surface area contributed by atoms with E-state index >= 15 is 0 Å². The summed E-state index contributed by atoms with van der Waals surface area (Å²) in [6.45, 7) is 8.18. The maximum absolute atomic E-state index is 13.9. The fourth-order valence-corrected chi connectivity index (χ4v) is 2.17. The second-order valence-corrected chi connectivity index (χ2v) is 4.86. The van der Waals surface area contributed by atoms with Crippen molar-refractivity contribution in [1.29, 1.82) is 0 Å². The molecule has 1 unspecified atom stereocenters. The zero-order valence-electron chi connectivity index (χ0n) is 9.26.